The first-order valence-electron chi connectivity index (χ1n) is 5.41. The van der Waals surface area contributed by atoms with Crippen LogP contribution in [0.2, 0.25) is 0 Å². The zero-order valence-electron chi connectivity index (χ0n) is 10.0. The number of amidine groups is 1. The Balaban J connectivity index is 3.04. The number of aromatic nitrogens is 1. The summed E-state index contributed by atoms with van der Waals surface area (Å²) in [7, 11) is 0. The molecule has 0 bridgehead atoms. The maximum absolute atomic E-state index is 9.03. The molecule has 0 amide bonds. The Labute approximate surface area is 100 Å². The first-order valence-corrected chi connectivity index (χ1v) is 5.41. The number of oxime groups is 1. The van der Waals surface area contributed by atoms with Crippen LogP contribution in [0, 0.1) is 0 Å². The molecular formula is C11H18N4O2. The van der Waals surface area contributed by atoms with Gasteiger partial charge in [0.2, 0.25) is 0 Å². The molecule has 94 valence electrons. The van der Waals surface area contributed by atoms with Crippen LogP contribution in [0.4, 0.5) is 5.69 Å². The van der Waals surface area contributed by atoms with Crippen molar-refractivity contribution < 1.29 is 10.3 Å². The SMILES string of the molecule is CC(C)N(CCO)c1ccnc(C(N)=NO)c1. The lowest BCUT2D eigenvalue weighted by atomic mass is 10.2. The van der Waals surface area contributed by atoms with Gasteiger partial charge < -0.3 is 20.9 Å². The quantitative estimate of drug-likeness (QED) is 0.298. The third-order valence-corrected chi connectivity index (χ3v) is 2.41. The molecule has 1 rings (SSSR count). The number of aliphatic hydroxyl groups excluding tert-OH is 1. The number of pyridine rings is 1. The Bertz CT molecular complexity index is 393. The number of rotatable bonds is 5. The molecule has 0 atom stereocenters. The Hall–Kier alpha value is -1.82. The molecule has 0 saturated carbocycles. The van der Waals surface area contributed by atoms with Crippen molar-refractivity contribution in [1.82, 2.24) is 4.98 Å². The van der Waals surface area contributed by atoms with Gasteiger partial charge in [-0.1, -0.05) is 5.16 Å². The van der Waals surface area contributed by atoms with Gasteiger partial charge in [0.05, 0.1) is 6.61 Å². The van der Waals surface area contributed by atoms with E-state index in [0.717, 1.165) is 5.69 Å². The molecule has 1 heterocycles. The second-order valence-electron chi connectivity index (χ2n) is 3.90. The van der Waals surface area contributed by atoms with E-state index in [1.54, 1.807) is 12.3 Å². The predicted molar refractivity (Wildman–Crippen MR) is 66.3 cm³/mol. The number of nitrogens with two attached hydrogens (primary N) is 1. The Kier molecular flexibility index (Phi) is 4.71. The second-order valence-corrected chi connectivity index (χ2v) is 3.90. The van der Waals surface area contributed by atoms with Gasteiger partial charge in [0, 0.05) is 24.5 Å². The third-order valence-electron chi connectivity index (χ3n) is 2.41. The third kappa shape index (κ3) is 3.32. The lowest BCUT2D eigenvalue weighted by Gasteiger charge is -2.28. The monoisotopic (exact) mass is 238 g/mol. The fourth-order valence-electron chi connectivity index (χ4n) is 1.58. The van der Waals surface area contributed by atoms with Crippen molar-refractivity contribution in [3.05, 3.63) is 24.0 Å². The van der Waals surface area contributed by atoms with E-state index >= 15 is 0 Å². The number of hydrogen-bond acceptors (Lipinski definition) is 5. The highest BCUT2D eigenvalue weighted by atomic mass is 16.4. The normalized spacial score (nSPS) is 11.9. The molecule has 1 aromatic heterocycles. The van der Waals surface area contributed by atoms with Crippen LogP contribution < -0.4 is 10.6 Å². The summed E-state index contributed by atoms with van der Waals surface area (Å²) in [5.74, 6) is -0.0282. The number of hydrogen-bond donors (Lipinski definition) is 3. The highest BCUT2D eigenvalue weighted by molar-refractivity contribution is 5.95. The van der Waals surface area contributed by atoms with Gasteiger partial charge in [-0.3, -0.25) is 4.98 Å². The summed E-state index contributed by atoms with van der Waals surface area (Å²) in [6, 6.07) is 3.79. The van der Waals surface area contributed by atoms with Crippen LogP contribution in [0.5, 0.6) is 0 Å². The number of nitrogens with zero attached hydrogens (tertiary/aromatic N) is 3. The Morgan fingerprint density at radius 2 is 2.29 bits per heavy atom. The Morgan fingerprint density at radius 1 is 1.59 bits per heavy atom. The lowest BCUT2D eigenvalue weighted by molar-refractivity contribution is 0.299. The minimum absolute atomic E-state index is 0.0282. The molecule has 0 aliphatic heterocycles. The van der Waals surface area contributed by atoms with Crippen molar-refractivity contribution >= 4 is 11.5 Å². The molecule has 4 N–H and O–H groups in total. The predicted octanol–water partition coefficient (Wildman–Crippen LogP) is 0.383. The molecule has 0 aliphatic rings. The van der Waals surface area contributed by atoms with Crippen LogP contribution in [-0.4, -0.2) is 40.3 Å². The van der Waals surface area contributed by atoms with Crippen molar-refractivity contribution in [2.75, 3.05) is 18.1 Å². The maximum atomic E-state index is 9.03. The molecule has 1 aromatic rings. The molecule has 0 aromatic carbocycles. The van der Waals surface area contributed by atoms with Crippen molar-refractivity contribution in [2.45, 2.75) is 19.9 Å². The van der Waals surface area contributed by atoms with Crippen molar-refractivity contribution in [1.29, 1.82) is 0 Å². The van der Waals surface area contributed by atoms with Crippen molar-refractivity contribution in [3.63, 3.8) is 0 Å². The van der Waals surface area contributed by atoms with E-state index in [0.29, 0.717) is 12.2 Å². The molecule has 0 spiro atoms. The molecule has 0 radical (unpaired) electrons. The minimum atomic E-state index is -0.0282. The van der Waals surface area contributed by atoms with Crippen molar-refractivity contribution in [3.8, 4) is 0 Å². The van der Waals surface area contributed by atoms with Gasteiger partial charge in [-0.25, -0.2) is 0 Å². The molecule has 0 saturated heterocycles. The average Bonchev–Trinajstić information content (AvgIpc) is 2.34. The zero-order chi connectivity index (χ0) is 12.8. The van der Waals surface area contributed by atoms with Crippen LogP contribution in [0.1, 0.15) is 19.5 Å². The van der Waals surface area contributed by atoms with E-state index in [2.05, 4.69) is 10.1 Å². The zero-order valence-corrected chi connectivity index (χ0v) is 10.0. The van der Waals surface area contributed by atoms with Gasteiger partial charge in [-0.2, -0.15) is 0 Å². The number of anilines is 1. The van der Waals surface area contributed by atoms with Gasteiger partial charge in [0.1, 0.15) is 5.69 Å². The van der Waals surface area contributed by atoms with Crippen molar-refractivity contribution in [2.24, 2.45) is 10.9 Å². The minimum Gasteiger partial charge on any atom is -0.409 e. The fourth-order valence-corrected chi connectivity index (χ4v) is 1.58. The molecule has 17 heavy (non-hydrogen) atoms. The lowest BCUT2D eigenvalue weighted by Crippen LogP contribution is -2.33. The smallest absolute Gasteiger partial charge is 0.188 e. The van der Waals surface area contributed by atoms with Crippen LogP contribution >= 0.6 is 0 Å². The fraction of sp³-hybridized carbons (Fsp3) is 0.455. The summed E-state index contributed by atoms with van der Waals surface area (Å²) >= 11 is 0. The van der Waals surface area contributed by atoms with E-state index < -0.39 is 0 Å². The van der Waals surface area contributed by atoms with Crippen LogP contribution in [0.15, 0.2) is 23.5 Å². The highest BCUT2D eigenvalue weighted by Crippen LogP contribution is 2.16. The molecule has 0 unspecified atom stereocenters. The van der Waals surface area contributed by atoms with E-state index in [4.69, 9.17) is 16.0 Å². The van der Waals surface area contributed by atoms with Gasteiger partial charge in [-0.15, -0.1) is 0 Å². The average molecular weight is 238 g/mol. The van der Waals surface area contributed by atoms with Crippen LogP contribution in [0.3, 0.4) is 0 Å². The first kappa shape index (κ1) is 13.2. The maximum Gasteiger partial charge on any atom is 0.188 e. The topological polar surface area (TPSA) is 95.0 Å². The van der Waals surface area contributed by atoms with Gasteiger partial charge in [0.25, 0.3) is 0 Å². The summed E-state index contributed by atoms with van der Waals surface area (Å²) in [6.07, 6.45) is 1.59. The second kappa shape index (κ2) is 6.05. The molecule has 6 heteroatoms. The largest absolute Gasteiger partial charge is 0.409 e. The first-order chi connectivity index (χ1) is 8.10. The van der Waals surface area contributed by atoms with E-state index in [9.17, 15) is 0 Å². The van der Waals surface area contributed by atoms with Gasteiger partial charge in [0.15, 0.2) is 5.84 Å². The molecular weight excluding hydrogens is 220 g/mol. The molecule has 0 fully saturated rings. The van der Waals surface area contributed by atoms with Crippen LogP contribution in [-0.2, 0) is 0 Å². The summed E-state index contributed by atoms with van der Waals surface area (Å²) in [5.41, 5.74) is 6.77. The standard InChI is InChI=1S/C11H18N4O2/c1-8(2)15(5-6-16)9-3-4-13-10(7-9)11(12)14-17/h3-4,7-8,16-17H,5-6H2,1-2H3,(H2,12,14). The van der Waals surface area contributed by atoms with E-state index in [1.165, 1.54) is 0 Å². The van der Waals surface area contributed by atoms with Gasteiger partial charge >= 0.3 is 0 Å². The van der Waals surface area contributed by atoms with E-state index in [-0.39, 0.29) is 18.5 Å². The van der Waals surface area contributed by atoms with E-state index in [1.807, 2.05) is 24.8 Å². The highest BCUT2D eigenvalue weighted by Gasteiger charge is 2.11. The van der Waals surface area contributed by atoms with Gasteiger partial charge in [-0.05, 0) is 26.0 Å². The summed E-state index contributed by atoms with van der Waals surface area (Å²) < 4.78 is 0. The summed E-state index contributed by atoms with van der Waals surface area (Å²) in [6.45, 7) is 4.65. The summed E-state index contributed by atoms with van der Waals surface area (Å²) in [4.78, 5) is 6.02. The summed E-state index contributed by atoms with van der Waals surface area (Å²) in [5, 5.41) is 20.5. The number of aliphatic hydroxyl groups is 1. The molecule has 0 aliphatic carbocycles. The molecule has 6 nitrogen and oxygen atoms in total. The Morgan fingerprint density at radius 3 is 2.82 bits per heavy atom. The van der Waals surface area contributed by atoms with Crippen LogP contribution in [0.25, 0.3) is 0 Å².